The fourth-order valence-corrected chi connectivity index (χ4v) is 5.83. The van der Waals surface area contributed by atoms with Crippen molar-refractivity contribution in [2.45, 2.75) is 27.7 Å². The van der Waals surface area contributed by atoms with Gasteiger partial charge in [-0.1, -0.05) is 82.9 Å². The molecule has 184 valence electrons. The van der Waals surface area contributed by atoms with Crippen LogP contribution in [-0.2, 0) is 0 Å². The molecule has 0 bridgehead atoms. The Bertz CT molecular complexity index is 1840. The molecular weight excluding hydrogens is 464 g/mol. The lowest BCUT2D eigenvalue weighted by molar-refractivity contribution is 0.574. The molecule has 5 aromatic carbocycles. The molecule has 0 amide bonds. The van der Waals surface area contributed by atoms with Gasteiger partial charge in [0.25, 0.3) is 0 Å². The van der Waals surface area contributed by atoms with Crippen LogP contribution in [0.2, 0.25) is 0 Å². The summed E-state index contributed by atoms with van der Waals surface area (Å²) in [5, 5.41) is 2.37. The zero-order valence-corrected chi connectivity index (χ0v) is 22.0. The Hall–Kier alpha value is -4.63. The molecule has 38 heavy (non-hydrogen) atoms. The first kappa shape index (κ1) is 22.6. The van der Waals surface area contributed by atoms with Gasteiger partial charge in [0.15, 0.2) is 5.58 Å². The fourth-order valence-electron chi connectivity index (χ4n) is 5.83. The number of aromatic nitrogens is 2. The topological polar surface area (TPSA) is 31.0 Å². The molecular formula is C35H28N2O. The van der Waals surface area contributed by atoms with Crippen LogP contribution in [0.1, 0.15) is 22.3 Å². The number of fused-ring (bicyclic) bond motifs is 4. The molecule has 0 saturated carbocycles. The van der Waals surface area contributed by atoms with E-state index in [1.807, 2.05) is 24.3 Å². The quantitative estimate of drug-likeness (QED) is 0.246. The fraction of sp³-hybridized carbons (Fsp3) is 0.114. The lowest BCUT2D eigenvalue weighted by Gasteiger charge is -2.07. The molecule has 2 aromatic heterocycles. The lowest BCUT2D eigenvalue weighted by Crippen LogP contribution is -1.94. The van der Waals surface area contributed by atoms with Gasteiger partial charge in [-0.3, -0.25) is 4.57 Å². The van der Waals surface area contributed by atoms with Gasteiger partial charge >= 0.3 is 6.01 Å². The SMILES string of the molecule is Cc1cc(C)cc(-c2ccc3c(c2)c2cc(-c4cc(C)cc(C)c4)ccc2n3-c2nc3ccccc3o2)c1. The van der Waals surface area contributed by atoms with Gasteiger partial charge in [-0.05, 0) is 86.3 Å². The summed E-state index contributed by atoms with van der Waals surface area (Å²) in [5.74, 6) is 0. The lowest BCUT2D eigenvalue weighted by atomic mass is 9.97. The number of benzene rings is 5. The van der Waals surface area contributed by atoms with Gasteiger partial charge in [0.05, 0.1) is 11.0 Å². The molecule has 0 N–H and O–H groups in total. The van der Waals surface area contributed by atoms with Gasteiger partial charge in [0.1, 0.15) is 5.52 Å². The van der Waals surface area contributed by atoms with E-state index in [0.717, 1.165) is 22.1 Å². The molecule has 0 aliphatic heterocycles. The van der Waals surface area contributed by atoms with Crippen LogP contribution >= 0.6 is 0 Å². The summed E-state index contributed by atoms with van der Waals surface area (Å²) >= 11 is 0. The minimum absolute atomic E-state index is 0.588. The Morgan fingerprint density at radius 1 is 0.526 bits per heavy atom. The van der Waals surface area contributed by atoms with E-state index < -0.39 is 0 Å². The highest BCUT2D eigenvalue weighted by atomic mass is 16.4. The van der Waals surface area contributed by atoms with Crippen LogP contribution in [-0.4, -0.2) is 9.55 Å². The van der Waals surface area contributed by atoms with Gasteiger partial charge in [0, 0.05) is 10.8 Å². The summed E-state index contributed by atoms with van der Waals surface area (Å²) in [6, 6.07) is 35.4. The Morgan fingerprint density at radius 2 is 1.03 bits per heavy atom. The second-order valence-corrected chi connectivity index (χ2v) is 10.5. The van der Waals surface area contributed by atoms with Crippen LogP contribution in [0, 0.1) is 27.7 Å². The van der Waals surface area contributed by atoms with Crippen molar-refractivity contribution in [2.75, 3.05) is 0 Å². The summed E-state index contributed by atoms with van der Waals surface area (Å²) in [6.45, 7) is 8.63. The average molecular weight is 493 g/mol. The van der Waals surface area contributed by atoms with Crippen molar-refractivity contribution in [1.82, 2.24) is 9.55 Å². The highest BCUT2D eigenvalue weighted by Gasteiger charge is 2.18. The highest BCUT2D eigenvalue weighted by Crippen LogP contribution is 2.38. The van der Waals surface area contributed by atoms with Crippen molar-refractivity contribution in [3.05, 3.63) is 119 Å². The summed E-state index contributed by atoms with van der Waals surface area (Å²) in [7, 11) is 0. The molecule has 0 saturated heterocycles. The van der Waals surface area contributed by atoms with Crippen molar-refractivity contribution < 1.29 is 4.42 Å². The molecule has 0 aliphatic carbocycles. The van der Waals surface area contributed by atoms with Crippen molar-refractivity contribution in [3.8, 4) is 28.3 Å². The monoisotopic (exact) mass is 492 g/mol. The van der Waals surface area contributed by atoms with Crippen molar-refractivity contribution >= 4 is 32.9 Å². The summed E-state index contributed by atoms with van der Waals surface area (Å²) in [6.07, 6.45) is 0. The molecule has 0 unspecified atom stereocenters. The zero-order valence-electron chi connectivity index (χ0n) is 22.0. The second kappa shape index (κ2) is 8.46. The molecule has 2 heterocycles. The van der Waals surface area contributed by atoms with E-state index in [1.165, 1.54) is 55.3 Å². The van der Waals surface area contributed by atoms with Gasteiger partial charge in [-0.25, -0.2) is 0 Å². The van der Waals surface area contributed by atoms with Crippen LogP contribution in [0.3, 0.4) is 0 Å². The first-order chi connectivity index (χ1) is 18.4. The van der Waals surface area contributed by atoms with E-state index in [2.05, 4.69) is 105 Å². The van der Waals surface area contributed by atoms with E-state index in [-0.39, 0.29) is 0 Å². The Labute approximate surface area is 222 Å². The first-order valence-electron chi connectivity index (χ1n) is 13.0. The third-order valence-electron chi connectivity index (χ3n) is 7.35. The van der Waals surface area contributed by atoms with Crippen molar-refractivity contribution in [1.29, 1.82) is 0 Å². The van der Waals surface area contributed by atoms with E-state index in [0.29, 0.717) is 6.01 Å². The molecule has 7 rings (SSSR count). The highest BCUT2D eigenvalue weighted by molar-refractivity contribution is 6.11. The Balaban J connectivity index is 1.53. The maximum atomic E-state index is 6.27. The number of oxazole rings is 1. The predicted octanol–water partition coefficient (Wildman–Crippen LogP) is 9.49. The number of para-hydroxylation sites is 2. The number of rotatable bonds is 3. The maximum absolute atomic E-state index is 6.27. The van der Waals surface area contributed by atoms with Crippen LogP contribution in [0.15, 0.2) is 101 Å². The summed E-state index contributed by atoms with van der Waals surface area (Å²) < 4.78 is 8.43. The van der Waals surface area contributed by atoms with Gasteiger partial charge in [-0.2, -0.15) is 4.98 Å². The van der Waals surface area contributed by atoms with E-state index in [4.69, 9.17) is 9.40 Å². The number of aryl methyl sites for hydroxylation is 4. The largest absolute Gasteiger partial charge is 0.423 e. The first-order valence-corrected chi connectivity index (χ1v) is 13.0. The normalized spacial score (nSPS) is 11.7. The third kappa shape index (κ3) is 3.71. The molecule has 0 radical (unpaired) electrons. The van der Waals surface area contributed by atoms with E-state index in [1.54, 1.807) is 0 Å². The Morgan fingerprint density at radius 3 is 1.53 bits per heavy atom. The zero-order chi connectivity index (χ0) is 26.0. The maximum Gasteiger partial charge on any atom is 0.307 e. The smallest absolute Gasteiger partial charge is 0.307 e. The van der Waals surface area contributed by atoms with Crippen LogP contribution in [0.4, 0.5) is 0 Å². The summed E-state index contributed by atoms with van der Waals surface area (Å²) in [4.78, 5) is 4.86. The number of hydrogen-bond acceptors (Lipinski definition) is 2. The number of hydrogen-bond donors (Lipinski definition) is 0. The molecule has 3 heteroatoms. The standard InChI is InChI=1S/C35H28N2O/c1-21-13-22(2)16-27(15-21)25-9-11-32-29(19-25)30-20-26(28-17-23(3)14-24(4)18-28)10-12-33(30)37(32)35-36-31-7-5-6-8-34(31)38-35/h5-20H,1-4H3. The van der Waals surface area contributed by atoms with Crippen molar-refractivity contribution in [2.24, 2.45) is 0 Å². The molecule has 7 aromatic rings. The van der Waals surface area contributed by atoms with E-state index in [9.17, 15) is 0 Å². The van der Waals surface area contributed by atoms with Gasteiger partial charge < -0.3 is 4.42 Å². The molecule has 0 atom stereocenters. The molecule has 0 aliphatic rings. The molecule has 3 nitrogen and oxygen atoms in total. The minimum Gasteiger partial charge on any atom is -0.423 e. The van der Waals surface area contributed by atoms with E-state index >= 15 is 0 Å². The molecule has 0 fully saturated rings. The number of nitrogens with zero attached hydrogens (tertiary/aromatic N) is 2. The van der Waals surface area contributed by atoms with Crippen LogP contribution in [0.5, 0.6) is 0 Å². The molecule has 0 spiro atoms. The van der Waals surface area contributed by atoms with Gasteiger partial charge in [0.2, 0.25) is 0 Å². The summed E-state index contributed by atoms with van der Waals surface area (Å²) in [5.41, 5.74) is 13.8. The third-order valence-corrected chi connectivity index (χ3v) is 7.35. The van der Waals surface area contributed by atoms with Crippen molar-refractivity contribution in [3.63, 3.8) is 0 Å². The van der Waals surface area contributed by atoms with Crippen LogP contribution in [0.25, 0.3) is 61.2 Å². The average Bonchev–Trinajstić information content (AvgIpc) is 3.45. The van der Waals surface area contributed by atoms with Gasteiger partial charge in [-0.15, -0.1) is 0 Å². The minimum atomic E-state index is 0.588. The second-order valence-electron chi connectivity index (χ2n) is 10.5. The predicted molar refractivity (Wildman–Crippen MR) is 158 cm³/mol. The Kier molecular flexibility index (Phi) is 5.02. The van der Waals surface area contributed by atoms with Crippen LogP contribution < -0.4 is 0 Å².